The second kappa shape index (κ2) is 5.85. The van der Waals surface area contributed by atoms with E-state index in [2.05, 4.69) is 12.2 Å². The summed E-state index contributed by atoms with van der Waals surface area (Å²) in [4.78, 5) is 25.6. The fourth-order valence-electron chi connectivity index (χ4n) is 3.71. The third-order valence-corrected chi connectivity index (χ3v) is 5.60. The van der Waals surface area contributed by atoms with Crippen molar-refractivity contribution in [1.29, 1.82) is 0 Å². The Labute approximate surface area is 127 Å². The van der Waals surface area contributed by atoms with Gasteiger partial charge in [0.1, 0.15) is 0 Å². The SMILES string of the molecule is CC(C)C1(C(=O)O)CCN(C(=O)NCC2(C)CCCC2)C1. The minimum absolute atomic E-state index is 0.0279. The second-order valence-corrected chi connectivity index (χ2v) is 7.46. The van der Waals surface area contributed by atoms with Gasteiger partial charge >= 0.3 is 12.0 Å². The Morgan fingerprint density at radius 3 is 2.33 bits per heavy atom. The average Bonchev–Trinajstić information content (AvgIpc) is 3.03. The Morgan fingerprint density at radius 2 is 1.86 bits per heavy atom. The highest BCUT2D eigenvalue weighted by Crippen LogP contribution is 2.39. The highest BCUT2D eigenvalue weighted by Gasteiger charge is 2.48. The molecule has 1 aliphatic heterocycles. The van der Waals surface area contributed by atoms with Crippen molar-refractivity contribution in [2.24, 2.45) is 16.7 Å². The first kappa shape index (κ1) is 16.1. The Kier molecular flexibility index (Phi) is 4.49. The first-order valence-corrected chi connectivity index (χ1v) is 8.05. The van der Waals surface area contributed by atoms with E-state index in [1.807, 2.05) is 13.8 Å². The molecule has 1 saturated carbocycles. The number of nitrogens with zero attached hydrogens (tertiary/aromatic N) is 1. The summed E-state index contributed by atoms with van der Waals surface area (Å²) in [6.07, 6.45) is 5.36. The van der Waals surface area contributed by atoms with E-state index in [-0.39, 0.29) is 17.4 Å². The van der Waals surface area contributed by atoms with Gasteiger partial charge in [0.05, 0.1) is 5.41 Å². The van der Waals surface area contributed by atoms with Crippen LogP contribution in [0.2, 0.25) is 0 Å². The highest BCUT2D eigenvalue weighted by molar-refractivity contribution is 5.80. The number of urea groups is 1. The van der Waals surface area contributed by atoms with Crippen LogP contribution in [0.3, 0.4) is 0 Å². The van der Waals surface area contributed by atoms with Crippen LogP contribution < -0.4 is 5.32 Å². The van der Waals surface area contributed by atoms with Gasteiger partial charge < -0.3 is 15.3 Å². The number of carboxylic acids is 1. The third kappa shape index (κ3) is 3.16. The molecule has 2 fully saturated rings. The average molecular weight is 296 g/mol. The molecule has 2 rings (SSSR count). The van der Waals surface area contributed by atoms with Crippen molar-refractivity contribution in [2.75, 3.05) is 19.6 Å². The van der Waals surface area contributed by atoms with Crippen molar-refractivity contribution in [3.05, 3.63) is 0 Å². The van der Waals surface area contributed by atoms with Gasteiger partial charge in [-0.15, -0.1) is 0 Å². The molecular weight excluding hydrogens is 268 g/mol. The summed E-state index contributed by atoms with van der Waals surface area (Å²) >= 11 is 0. The molecule has 2 aliphatic rings. The molecule has 1 aliphatic carbocycles. The number of rotatable bonds is 4. The van der Waals surface area contributed by atoms with Gasteiger partial charge in [0.25, 0.3) is 0 Å². The van der Waals surface area contributed by atoms with Crippen molar-refractivity contribution >= 4 is 12.0 Å². The molecule has 0 aromatic heterocycles. The number of hydrogen-bond donors (Lipinski definition) is 2. The monoisotopic (exact) mass is 296 g/mol. The van der Waals surface area contributed by atoms with Crippen molar-refractivity contribution in [2.45, 2.75) is 52.9 Å². The molecule has 1 atom stereocenters. The first-order chi connectivity index (χ1) is 9.79. The molecule has 0 aromatic carbocycles. The van der Waals surface area contributed by atoms with E-state index >= 15 is 0 Å². The minimum atomic E-state index is -0.783. The van der Waals surface area contributed by atoms with E-state index in [9.17, 15) is 14.7 Å². The molecule has 1 heterocycles. The van der Waals surface area contributed by atoms with Gasteiger partial charge in [0.15, 0.2) is 0 Å². The molecule has 5 nitrogen and oxygen atoms in total. The summed E-state index contributed by atoms with van der Waals surface area (Å²) < 4.78 is 0. The van der Waals surface area contributed by atoms with Gasteiger partial charge in [0, 0.05) is 19.6 Å². The van der Waals surface area contributed by atoms with Crippen LogP contribution in [0.5, 0.6) is 0 Å². The lowest BCUT2D eigenvalue weighted by atomic mass is 9.76. The van der Waals surface area contributed by atoms with Crippen LogP contribution in [-0.4, -0.2) is 41.6 Å². The molecule has 1 unspecified atom stereocenters. The highest BCUT2D eigenvalue weighted by atomic mass is 16.4. The number of nitrogens with one attached hydrogen (secondary N) is 1. The zero-order chi connectivity index (χ0) is 15.7. The number of hydrogen-bond acceptors (Lipinski definition) is 2. The van der Waals surface area contributed by atoms with Crippen molar-refractivity contribution in [1.82, 2.24) is 10.2 Å². The first-order valence-electron chi connectivity index (χ1n) is 8.05. The zero-order valence-corrected chi connectivity index (χ0v) is 13.4. The van der Waals surface area contributed by atoms with Crippen LogP contribution in [0, 0.1) is 16.7 Å². The van der Waals surface area contributed by atoms with E-state index in [0.29, 0.717) is 26.1 Å². The standard InChI is InChI=1S/C16H28N2O3/c1-12(2)16(13(19)20)8-9-18(11-16)14(21)17-10-15(3)6-4-5-7-15/h12H,4-11H2,1-3H3,(H,17,21)(H,19,20). The number of carbonyl (C=O) groups excluding carboxylic acids is 1. The smallest absolute Gasteiger partial charge is 0.317 e. The maximum Gasteiger partial charge on any atom is 0.317 e. The van der Waals surface area contributed by atoms with Crippen molar-refractivity contribution in [3.8, 4) is 0 Å². The van der Waals surface area contributed by atoms with Crippen LogP contribution in [0.4, 0.5) is 4.79 Å². The Hall–Kier alpha value is -1.26. The van der Waals surface area contributed by atoms with Crippen molar-refractivity contribution < 1.29 is 14.7 Å². The largest absolute Gasteiger partial charge is 0.481 e. The summed E-state index contributed by atoms with van der Waals surface area (Å²) in [5.41, 5.74) is -0.564. The maximum absolute atomic E-state index is 12.3. The number of amides is 2. The summed E-state index contributed by atoms with van der Waals surface area (Å²) in [5, 5.41) is 12.5. The van der Waals surface area contributed by atoms with E-state index in [0.717, 1.165) is 0 Å². The quantitative estimate of drug-likeness (QED) is 0.838. The molecule has 120 valence electrons. The Balaban J connectivity index is 1.91. The summed E-state index contributed by atoms with van der Waals surface area (Å²) in [6, 6.07) is -0.105. The van der Waals surface area contributed by atoms with Crippen LogP contribution in [0.25, 0.3) is 0 Å². The lowest BCUT2D eigenvalue weighted by molar-refractivity contribution is -0.150. The van der Waals surface area contributed by atoms with Crippen LogP contribution in [0.15, 0.2) is 0 Å². The molecule has 2 amide bonds. The van der Waals surface area contributed by atoms with Crippen LogP contribution >= 0.6 is 0 Å². The van der Waals surface area contributed by atoms with Gasteiger partial charge in [-0.05, 0) is 30.6 Å². The topological polar surface area (TPSA) is 69.6 Å². The molecule has 1 saturated heterocycles. The Morgan fingerprint density at radius 1 is 1.24 bits per heavy atom. The molecular formula is C16H28N2O3. The molecule has 0 bridgehead atoms. The second-order valence-electron chi connectivity index (χ2n) is 7.46. The summed E-state index contributed by atoms with van der Waals surface area (Å²) in [5.74, 6) is -0.754. The maximum atomic E-state index is 12.3. The molecule has 0 spiro atoms. The lowest BCUT2D eigenvalue weighted by Gasteiger charge is -2.29. The number of likely N-dealkylation sites (tertiary alicyclic amines) is 1. The normalized spacial score (nSPS) is 28.1. The molecule has 0 aromatic rings. The van der Waals surface area contributed by atoms with E-state index < -0.39 is 11.4 Å². The predicted molar refractivity (Wildman–Crippen MR) is 81.1 cm³/mol. The van der Waals surface area contributed by atoms with Gasteiger partial charge in [-0.3, -0.25) is 4.79 Å². The number of carboxylic acid groups (broad SMARTS) is 1. The van der Waals surface area contributed by atoms with Crippen LogP contribution in [0.1, 0.15) is 52.9 Å². The fraction of sp³-hybridized carbons (Fsp3) is 0.875. The van der Waals surface area contributed by atoms with E-state index in [4.69, 9.17) is 0 Å². The minimum Gasteiger partial charge on any atom is -0.481 e. The molecule has 2 N–H and O–H groups in total. The lowest BCUT2D eigenvalue weighted by Crippen LogP contribution is -2.45. The van der Waals surface area contributed by atoms with E-state index in [1.165, 1.54) is 25.7 Å². The summed E-state index contributed by atoms with van der Waals surface area (Å²) in [6.45, 7) is 7.63. The Bertz CT molecular complexity index is 416. The van der Waals surface area contributed by atoms with Gasteiger partial charge in [-0.2, -0.15) is 0 Å². The summed E-state index contributed by atoms with van der Waals surface area (Å²) in [7, 11) is 0. The molecule has 21 heavy (non-hydrogen) atoms. The number of carbonyl (C=O) groups is 2. The van der Waals surface area contributed by atoms with Gasteiger partial charge in [0.2, 0.25) is 0 Å². The predicted octanol–water partition coefficient (Wildman–Crippen LogP) is 2.71. The molecule has 0 radical (unpaired) electrons. The van der Waals surface area contributed by atoms with Crippen LogP contribution in [-0.2, 0) is 4.79 Å². The van der Waals surface area contributed by atoms with E-state index in [1.54, 1.807) is 4.90 Å². The molecule has 5 heteroatoms. The van der Waals surface area contributed by atoms with Gasteiger partial charge in [-0.1, -0.05) is 33.6 Å². The number of aliphatic carboxylic acids is 1. The third-order valence-electron chi connectivity index (χ3n) is 5.60. The van der Waals surface area contributed by atoms with Crippen molar-refractivity contribution in [3.63, 3.8) is 0 Å². The zero-order valence-electron chi connectivity index (χ0n) is 13.4. The fourth-order valence-corrected chi connectivity index (χ4v) is 3.71. The van der Waals surface area contributed by atoms with Gasteiger partial charge in [-0.25, -0.2) is 4.79 Å².